The van der Waals surface area contributed by atoms with Crippen LogP contribution in [0.1, 0.15) is 11.1 Å². The molecule has 0 spiro atoms. The van der Waals surface area contributed by atoms with E-state index in [1.165, 1.54) is 6.08 Å². The van der Waals surface area contributed by atoms with Gasteiger partial charge in [0.1, 0.15) is 5.75 Å². The second kappa shape index (κ2) is 9.03. The first-order chi connectivity index (χ1) is 12.0. The van der Waals surface area contributed by atoms with Crippen molar-refractivity contribution in [2.75, 3.05) is 19.0 Å². The summed E-state index contributed by atoms with van der Waals surface area (Å²) in [5.74, 6) is 0.136. The van der Waals surface area contributed by atoms with Crippen molar-refractivity contribution in [2.45, 2.75) is 6.92 Å². The van der Waals surface area contributed by atoms with Crippen LogP contribution in [0.4, 0.5) is 5.69 Å². The molecule has 0 aliphatic rings. The standard InChI is InChI=1S/C19H19BrN2O3/c1-13-11-15(20)6-9-17(13)22-19(24)12-21-18(23)10-5-14-3-7-16(25-2)8-4-14/h3-11H,12H2,1-2H3,(H,21,23)(H,22,24)/b10-5+. The highest BCUT2D eigenvalue weighted by atomic mass is 79.9. The molecular weight excluding hydrogens is 384 g/mol. The van der Waals surface area contributed by atoms with Crippen LogP contribution in [-0.4, -0.2) is 25.5 Å². The van der Waals surface area contributed by atoms with Gasteiger partial charge in [-0.05, 0) is 54.5 Å². The lowest BCUT2D eigenvalue weighted by atomic mass is 10.2. The van der Waals surface area contributed by atoms with Crippen LogP contribution in [-0.2, 0) is 9.59 Å². The SMILES string of the molecule is COc1ccc(/C=C/C(=O)NCC(=O)Nc2ccc(Br)cc2C)cc1. The smallest absolute Gasteiger partial charge is 0.244 e. The molecule has 0 unspecified atom stereocenters. The molecule has 0 heterocycles. The molecule has 0 bridgehead atoms. The molecule has 2 aromatic carbocycles. The van der Waals surface area contributed by atoms with Gasteiger partial charge in [-0.2, -0.15) is 0 Å². The zero-order valence-corrected chi connectivity index (χ0v) is 15.6. The summed E-state index contributed by atoms with van der Waals surface area (Å²) in [4.78, 5) is 23.7. The molecule has 2 N–H and O–H groups in total. The normalized spacial score (nSPS) is 10.5. The van der Waals surface area contributed by atoms with Gasteiger partial charge in [0, 0.05) is 16.2 Å². The fraction of sp³-hybridized carbons (Fsp3) is 0.158. The number of methoxy groups -OCH3 is 1. The minimum absolute atomic E-state index is 0.0959. The lowest BCUT2D eigenvalue weighted by molar-refractivity contribution is -0.121. The molecule has 130 valence electrons. The Morgan fingerprint density at radius 1 is 1.16 bits per heavy atom. The van der Waals surface area contributed by atoms with Crippen LogP contribution in [0, 0.1) is 6.92 Å². The number of carbonyl (C=O) groups excluding carboxylic acids is 2. The van der Waals surface area contributed by atoms with Gasteiger partial charge in [-0.25, -0.2) is 0 Å². The van der Waals surface area contributed by atoms with Crippen molar-refractivity contribution in [2.24, 2.45) is 0 Å². The zero-order valence-electron chi connectivity index (χ0n) is 14.0. The molecule has 5 nitrogen and oxygen atoms in total. The van der Waals surface area contributed by atoms with Crippen LogP contribution in [0.3, 0.4) is 0 Å². The maximum absolute atomic E-state index is 11.9. The van der Waals surface area contributed by atoms with Crippen molar-refractivity contribution < 1.29 is 14.3 Å². The van der Waals surface area contributed by atoms with Gasteiger partial charge < -0.3 is 15.4 Å². The highest BCUT2D eigenvalue weighted by Gasteiger charge is 2.06. The fourth-order valence-electron chi connectivity index (χ4n) is 2.07. The van der Waals surface area contributed by atoms with E-state index >= 15 is 0 Å². The summed E-state index contributed by atoms with van der Waals surface area (Å²) in [5, 5.41) is 5.32. The average Bonchev–Trinajstić information content (AvgIpc) is 2.61. The Morgan fingerprint density at radius 2 is 1.88 bits per heavy atom. The number of rotatable bonds is 6. The molecule has 6 heteroatoms. The molecule has 0 saturated carbocycles. The number of nitrogens with one attached hydrogen (secondary N) is 2. The Morgan fingerprint density at radius 3 is 2.52 bits per heavy atom. The van der Waals surface area contributed by atoms with Gasteiger partial charge >= 0.3 is 0 Å². The number of aryl methyl sites for hydroxylation is 1. The predicted octanol–water partition coefficient (Wildman–Crippen LogP) is 3.53. The minimum atomic E-state index is -0.335. The molecule has 0 aliphatic heterocycles. The quantitative estimate of drug-likeness (QED) is 0.726. The molecule has 0 radical (unpaired) electrons. The van der Waals surface area contributed by atoms with E-state index in [4.69, 9.17) is 4.74 Å². The van der Waals surface area contributed by atoms with E-state index in [1.807, 2.05) is 49.4 Å². The summed E-state index contributed by atoms with van der Waals surface area (Å²) in [6.45, 7) is 1.80. The van der Waals surface area contributed by atoms with Crippen molar-refractivity contribution in [1.82, 2.24) is 5.32 Å². The summed E-state index contributed by atoms with van der Waals surface area (Å²) in [6, 6.07) is 12.9. The van der Waals surface area contributed by atoms with Gasteiger partial charge in [-0.3, -0.25) is 9.59 Å². The third-order valence-electron chi connectivity index (χ3n) is 3.43. The van der Waals surface area contributed by atoms with Crippen molar-refractivity contribution in [3.8, 4) is 5.75 Å². The van der Waals surface area contributed by atoms with Gasteiger partial charge in [0.15, 0.2) is 0 Å². The lowest BCUT2D eigenvalue weighted by Gasteiger charge is -2.09. The molecule has 0 aromatic heterocycles. The van der Waals surface area contributed by atoms with Gasteiger partial charge in [0.25, 0.3) is 0 Å². The summed E-state index contributed by atoms with van der Waals surface area (Å²) < 4.78 is 6.02. The number of benzene rings is 2. The maximum atomic E-state index is 11.9. The summed E-state index contributed by atoms with van der Waals surface area (Å²) >= 11 is 3.37. The minimum Gasteiger partial charge on any atom is -0.497 e. The van der Waals surface area contributed by atoms with Crippen molar-refractivity contribution in [1.29, 1.82) is 0 Å². The zero-order chi connectivity index (χ0) is 18.2. The second-order valence-electron chi connectivity index (χ2n) is 5.33. The predicted molar refractivity (Wildman–Crippen MR) is 103 cm³/mol. The topological polar surface area (TPSA) is 67.4 Å². The first kappa shape index (κ1) is 18.7. The summed E-state index contributed by atoms with van der Waals surface area (Å²) in [5.41, 5.74) is 2.52. The highest BCUT2D eigenvalue weighted by molar-refractivity contribution is 9.10. The lowest BCUT2D eigenvalue weighted by Crippen LogP contribution is -2.31. The van der Waals surface area contributed by atoms with Crippen LogP contribution < -0.4 is 15.4 Å². The molecule has 2 aromatic rings. The molecular formula is C19H19BrN2O3. The van der Waals surface area contributed by atoms with Crippen LogP contribution in [0.25, 0.3) is 6.08 Å². The van der Waals surface area contributed by atoms with Gasteiger partial charge in [-0.15, -0.1) is 0 Å². The Labute approximate surface area is 155 Å². The molecule has 0 atom stereocenters. The summed E-state index contributed by atoms with van der Waals surface area (Å²) in [6.07, 6.45) is 3.06. The van der Waals surface area contributed by atoms with Crippen LogP contribution in [0.5, 0.6) is 5.75 Å². The van der Waals surface area contributed by atoms with Crippen molar-refractivity contribution in [3.63, 3.8) is 0 Å². The molecule has 2 amide bonds. The van der Waals surface area contributed by atoms with Gasteiger partial charge in [0.2, 0.25) is 11.8 Å². The third kappa shape index (κ3) is 6.08. The Bertz CT molecular complexity index is 786. The number of amides is 2. The Kier molecular flexibility index (Phi) is 6.77. The van der Waals surface area contributed by atoms with E-state index in [2.05, 4.69) is 26.6 Å². The number of hydrogen-bond donors (Lipinski definition) is 2. The first-order valence-corrected chi connectivity index (χ1v) is 8.43. The van der Waals surface area contributed by atoms with Gasteiger partial charge in [-0.1, -0.05) is 28.1 Å². The number of carbonyl (C=O) groups is 2. The van der Waals surface area contributed by atoms with Crippen LogP contribution >= 0.6 is 15.9 Å². The maximum Gasteiger partial charge on any atom is 0.244 e. The van der Waals surface area contributed by atoms with Crippen molar-refractivity contribution in [3.05, 3.63) is 64.1 Å². The number of anilines is 1. The van der Waals surface area contributed by atoms with Crippen LogP contribution in [0.2, 0.25) is 0 Å². The first-order valence-electron chi connectivity index (χ1n) is 7.64. The fourth-order valence-corrected chi connectivity index (χ4v) is 2.55. The third-order valence-corrected chi connectivity index (χ3v) is 3.92. The molecule has 2 rings (SSSR count). The number of halogens is 1. The van der Waals surface area contributed by atoms with E-state index in [9.17, 15) is 9.59 Å². The monoisotopic (exact) mass is 402 g/mol. The Balaban J connectivity index is 1.82. The summed E-state index contributed by atoms with van der Waals surface area (Å²) in [7, 11) is 1.60. The van der Waals surface area contributed by atoms with Crippen molar-refractivity contribution >= 4 is 39.5 Å². The van der Waals surface area contributed by atoms with E-state index in [0.29, 0.717) is 0 Å². The average molecular weight is 403 g/mol. The highest BCUT2D eigenvalue weighted by Crippen LogP contribution is 2.19. The van der Waals surface area contributed by atoms with E-state index in [-0.39, 0.29) is 18.4 Å². The van der Waals surface area contributed by atoms with E-state index in [0.717, 1.165) is 27.0 Å². The molecule has 25 heavy (non-hydrogen) atoms. The second-order valence-corrected chi connectivity index (χ2v) is 6.25. The number of ether oxygens (including phenoxy) is 1. The Hall–Kier alpha value is -2.60. The molecule has 0 saturated heterocycles. The largest absolute Gasteiger partial charge is 0.497 e. The van der Waals surface area contributed by atoms with E-state index < -0.39 is 0 Å². The van der Waals surface area contributed by atoms with Crippen LogP contribution in [0.15, 0.2) is 53.0 Å². The van der Waals surface area contributed by atoms with E-state index in [1.54, 1.807) is 13.2 Å². The number of hydrogen-bond acceptors (Lipinski definition) is 3. The van der Waals surface area contributed by atoms with Gasteiger partial charge in [0.05, 0.1) is 13.7 Å². The molecule has 0 aliphatic carbocycles. The molecule has 0 fully saturated rings.